The Morgan fingerprint density at radius 2 is 0.816 bits per heavy atom. The molecule has 98 heavy (non-hydrogen) atoms. The number of carbonyl (C=O) groups is 4. The molecule has 0 bridgehead atoms. The molecular formula is C70H78Cl4F2N4O14S4. The molecule has 2 aliphatic carbocycles. The van der Waals surface area contributed by atoms with Gasteiger partial charge in [0.25, 0.3) is 11.8 Å². The predicted molar refractivity (Wildman–Crippen MR) is 377 cm³/mol. The number of Topliss-reactive ketones (excluding diaryl/α,β-unsaturated/α-hetero) is 2. The van der Waals surface area contributed by atoms with Gasteiger partial charge in [-0.15, -0.1) is 0 Å². The van der Waals surface area contributed by atoms with Gasteiger partial charge in [0.15, 0.2) is 31.2 Å². The maximum atomic E-state index is 15.3. The number of amides is 2. The van der Waals surface area contributed by atoms with E-state index in [1.165, 1.54) is 73.9 Å². The fourth-order valence-corrected chi connectivity index (χ4v) is 18.3. The molecule has 2 saturated carbocycles. The SMILES string of the molecule is CC[C@@H](CN(c1ccccc1F)S(=O)(=O)C1CC1)N1C(=O)[C@@H](CC(=O)CS(=O)(=O)C(C)C)O[C@H](c2cccc(Cl)c2)[C@H]1c1ccc(Cl)cc1.CC[C@@H](CN(c1ccccc1F)S(=O)(=O)C1CC1)N1C(=O)[C@H](CC(=O)CS(=O)(=O)C(C)C)O[C@H](c2cccc(Cl)c2)[C@H]1c1ccc(Cl)cc1. The lowest BCUT2D eigenvalue weighted by Gasteiger charge is -2.49. The van der Waals surface area contributed by atoms with Gasteiger partial charge in [-0.1, -0.05) is 133 Å². The summed E-state index contributed by atoms with van der Waals surface area (Å²) in [6.07, 6.45) is -3.47. The second-order valence-electron chi connectivity index (χ2n) is 25.5. The zero-order valence-electron chi connectivity index (χ0n) is 54.7. The lowest BCUT2D eigenvalue weighted by Crippen LogP contribution is -2.58. The van der Waals surface area contributed by atoms with Crippen LogP contribution in [-0.2, 0) is 68.4 Å². The first-order chi connectivity index (χ1) is 46.3. The third kappa shape index (κ3) is 17.8. The first-order valence-corrected chi connectivity index (χ1v) is 40.2. The van der Waals surface area contributed by atoms with E-state index in [1.54, 1.807) is 123 Å². The standard InChI is InChI=1S/2C35H39Cl2FN2O7S2/c2*1-4-27(20-39(49(45,46)29-16-17-29)31-11-6-5-10-30(31)38)40-33(23-12-14-25(36)15-13-23)34(24-8-7-9-26(37)18-24)47-32(35(40)42)19-28(41)21-48(43,44)22(2)3/h2*5-15,18,22,27,29,32-34H,4,16-17,19-21H2,1-3H3/t27-,32+,33+,34+;27-,32-,33+,34+/m00/s1. The minimum Gasteiger partial charge on any atom is -0.357 e. The minimum atomic E-state index is -4.02. The average Bonchev–Trinajstić information content (AvgIpc) is 0.893. The number of ketones is 2. The first-order valence-electron chi connectivity index (χ1n) is 32.2. The van der Waals surface area contributed by atoms with Gasteiger partial charge >= 0.3 is 0 Å². The zero-order valence-corrected chi connectivity index (χ0v) is 61.0. The molecule has 0 spiro atoms. The van der Waals surface area contributed by atoms with Gasteiger partial charge < -0.3 is 19.3 Å². The van der Waals surface area contributed by atoms with Crippen LogP contribution in [0.25, 0.3) is 0 Å². The van der Waals surface area contributed by atoms with Crippen LogP contribution in [0.5, 0.6) is 0 Å². The quantitative estimate of drug-likeness (QED) is 0.0444. The van der Waals surface area contributed by atoms with E-state index in [2.05, 4.69) is 0 Å². The lowest BCUT2D eigenvalue weighted by atomic mass is 9.89. The fourth-order valence-electron chi connectivity index (χ4n) is 12.1. The van der Waals surface area contributed by atoms with Crippen molar-refractivity contribution >= 4 is 121 Å². The highest BCUT2D eigenvalue weighted by Crippen LogP contribution is 2.48. The van der Waals surface area contributed by atoms with Crippen LogP contribution < -0.4 is 8.61 Å². The van der Waals surface area contributed by atoms with Crippen LogP contribution in [0, 0.1) is 11.6 Å². The smallest absolute Gasteiger partial charge is 0.253 e. The van der Waals surface area contributed by atoms with Gasteiger partial charge in [0, 0.05) is 32.9 Å². The Labute approximate surface area is 592 Å². The van der Waals surface area contributed by atoms with Gasteiger partial charge in [-0.3, -0.25) is 27.8 Å². The number of para-hydroxylation sites is 2. The van der Waals surface area contributed by atoms with Crippen molar-refractivity contribution in [3.05, 3.63) is 200 Å². The molecule has 6 aromatic carbocycles. The highest BCUT2D eigenvalue weighted by atomic mass is 35.5. The number of anilines is 2. The Morgan fingerprint density at radius 3 is 1.11 bits per heavy atom. The molecule has 528 valence electrons. The normalized spacial score (nSPS) is 20.8. The van der Waals surface area contributed by atoms with E-state index in [0.29, 0.717) is 68.0 Å². The summed E-state index contributed by atoms with van der Waals surface area (Å²) in [6, 6.07) is 35.0. The Morgan fingerprint density at radius 1 is 0.480 bits per heavy atom. The van der Waals surface area contributed by atoms with Crippen molar-refractivity contribution < 1.29 is 71.1 Å². The molecule has 10 rings (SSSR count). The Hall–Kier alpha value is -6.06. The summed E-state index contributed by atoms with van der Waals surface area (Å²) in [5.41, 5.74) is 2.10. The summed E-state index contributed by atoms with van der Waals surface area (Å²) in [4.78, 5) is 58.8. The molecule has 4 aliphatic rings. The van der Waals surface area contributed by atoms with E-state index in [9.17, 15) is 52.8 Å². The maximum absolute atomic E-state index is 15.3. The van der Waals surface area contributed by atoms with Gasteiger partial charge in [0.05, 0.1) is 69.6 Å². The van der Waals surface area contributed by atoms with Crippen LogP contribution in [0.2, 0.25) is 20.1 Å². The van der Waals surface area contributed by atoms with Crippen molar-refractivity contribution in [1.82, 2.24) is 9.80 Å². The summed E-state index contributed by atoms with van der Waals surface area (Å²) < 4.78 is 152. The molecule has 0 aromatic heterocycles. The topological polar surface area (TPSA) is 236 Å². The fraction of sp³-hybridized carbons (Fsp3) is 0.429. The third-order valence-corrected chi connectivity index (χ3v) is 27.7. The van der Waals surface area contributed by atoms with Gasteiger partial charge in [-0.05, 0) is 161 Å². The average molecular weight is 1510 g/mol. The summed E-state index contributed by atoms with van der Waals surface area (Å²) >= 11 is 25.3. The van der Waals surface area contributed by atoms with Gasteiger partial charge in [0.1, 0.15) is 47.6 Å². The van der Waals surface area contributed by atoms with Crippen molar-refractivity contribution in [2.24, 2.45) is 0 Å². The molecule has 8 atom stereocenters. The second-order valence-corrected chi connectivity index (χ2v) is 36.6. The van der Waals surface area contributed by atoms with Crippen molar-refractivity contribution in [1.29, 1.82) is 0 Å². The lowest BCUT2D eigenvalue weighted by molar-refractivity contribution is -0.180. The van der Waals surface area contributed by atoms with E-state index in [0.717, 1.165) is 8.61 Å². The molecule has 28 heteroatoms. The molecule has 2 saturated heterocycles. The predicted octanol–water partition coefficient (Wildman–Crippen LogP) is 13.4. The number of nitrogens with zero attached hydrogens (tertiary/aromatic N) is 4. The van der Waals surface area contributed by atoms with Crippen LogP contribution in [0.15, 0.2) is 146 Å². The van der Waals surface area contributed by atoms with Gasteiger partial charge in [-0.25, -0.2) is 42.5 Å². The number of hydrogen-bond acceptors (Lipinski definition) is 14. The molecule has 2 amide bonds. The number of carbonyl (C=O) groups excluding carboxylic acids is 4. The first kappa shape index (κ1) is 76.1. The molecule has 18 nitrogen and oxygen atoms in total. The summed E-state index contributed by atoms with van der Waals surface area (Å²) in [5, 5.41) is -1.28. The molecule has 6 aromatic rings. The maximum Gasteiger partial charge on any atom is 0.253 e. The molecule has 2 heterocycles. The Balaban J connectivity index is 0.000000229. The Kier molecular flexibility index (Phi) is 24.8. The number of benzene rings is 6. The third-order valence-electron chi connectivity index (χ3n) is 17.8. The highest BCUT2D eigenvalue weighted by Gasteiger charge is 2.52. The molecule has 0 N–H and O–H groups in total. The van der Waals surface area contributed by atoms with Crippen LogP contribution >= 0.6 is 46.4 Å². The summed E-state index contributed by atoms with van der Waals surface area (Å²) in [5.74, 6) is -5.63. The minimum absolute atomic E-state index is 0.131. The van der Waals surface area contributed by atoms with E-state index >= 15 is 8.78 Å². The Bertz CT molecular complexity index is 4090. The number of ether oxygens (including phenoxy) is 2. The number of sulfonamides is 2. The zero-order chi connectivity index (χ0) is 71.3. The van der Waals surface area contributed by atoms with Crippen molar-refractivity contribution in [2.75, 3.05) is 33.2 Å². The highest BCUT2D eigenvalue weighted by molar-refractivity contribution is 7.94. The van der Waals surface area contributed by atoms with Gasteiger partial charge in [-0.2, -0.15) is 0 Å². The summed E-state index contributed by atoms with van der Waals surface area (Å²) in [7, 11) is -15.6. The molecule has 0 radical (unpaired) electrons. The van der Waals surface area contributed by atoms with E-state index in [1.807, 2.05) is 0 Å². The van der Waals surface area contributed by atoms with Gasteiger partial charge in [0.2, 0.25) is 20.0 Å². The molecular weight excluding hydrogens is 1430 g/mol. The van der Waals surface area contributed by atoms with Crippen LogP contribution in [0.1, 0.15) is 139 Å². The molecule has 2 aliphatic heterocycles. The van der Waals surface area contributed by atoms with Crippen LogP contribution in [0.3, 0.4) is 0 Å². The van der Waals surface area contributed by atoms with Crippen molar-refractivity contribution in [3.8, 4) is 0 Å². The molecule has 4 fully saturated rings. The number of rotatable bonds is 28. The van der Waals surface area contributed by atoms with Crippen molar-refractivity contribution in [2.45, 2.75) is 162 Å². The number of morpholine rings is 2. The van der Waals surface area contributed by atoms with Crippen molar-refractivity contribution in [3.63, 3.8) is 0 Å². The second kappa shape index (κ2) is 31.9. The van der Waals surface area contributed by atoms with E-state index < -0.39 is 169 Å². The van der Waals surface area contributed by atoms with Crippen LogP contribution in [-0.4, -0.2) is 137 Å². The number of hydrogen-bond donors (Lipinski definition) is 0. The molecule has 0 unspecified atom stereocenters. The van der Waals surface area contributed by atoms with Crippen LogP contribution in [0.4, 0.5) is 20.2 Å². The van der Waals surface area contributed by atoms with E-state index in [4.69, 9.17) is 55.9 Å². The number of halogens is 6. The summed E-state index contributed by atoms with van der Waals surface area (Å²) in [6.45, 7) is 8.91. The monoisotopic (exact) mass is 1500 g/mol. The number of sulfone groups is 2. The van der Waals surface area contributed by atoms with E-state index in [-0.39, 0.29) is 37.3 Å². The largest absolute Gasteiger partial charge is 0.357 e.